The largest absolute Gasteiger partial charge is 0.395 e. The van der Waals surface area contributed by atoms with E-state index in [4.69, 9.17) is 5.11 Å². The summed E-state index contributed by atoms with van der Waals surface area (Å²) in [7, 11) is 0. The molecule has 1 amide bonds. The standard InChI is InChI=1S/C14H21N3O2/c18-10-9-16-5-2-6-17(8-7-16)14(19)11-13-3-1-4-15-12-13/h1,3-4,12,18H,2,5-11H2. The number of aliphatic hydroxyl groups is 1. The molecule has 0 bridgehead atoms. The van der Waals surface area contributed by atoms with E-state index < -0.39 is 0 Å². The zero-order valence-corrected chi connectivity index (χ0v) is 11.2. The van der Waals surface area contributed by atoms with Gasteiger partial charge in [-0.1, -0.05) is 6.07 Å². The van der Waals surface area contributed by atoms with Crippen LogP contribution in [0.25, 0.3) is 0 Å². The van der Waals surface area contributed by atoms with Gasteiger partial charge in [-0.3, -0.25) is 14.7 Å². The molecule has 0 aliphatic carbocycles. The van der Waals surface area contributed by atoms with Crippen LogP contribution in [0.5, 0.6) is 0 Å². The molecule has 0 aromatic carbocycles. The van der Waals surface area contributed by atoms with Crippen molar-refractivity contribution in [1.29, 1.82) is 0 Å². The highest BCUT2D eigenvalue weighted by molar-refractivity contribution is 5.78. The van der Waals surface area contributed by atoms with Crippen molar-refractivity contribution in [3.8, 4) is 0 Å². The van der Waals surface area contributed by atoms with Gasteiger partial charge in [-0.15, -0.1) is 0 Å². The summed E-state index contributed by atoms with van der Waals surface area (Å²) in [6.45, 7) is 4.24. The number of hydrogen-bond donors (Lipinski definition) is 1. The quantitative estimate of drug-likeness (QED) is 0.840. The molecular formula is C14H21N3O2. The van der Waals surface area contributed by atoms with Gasteiger partial charge in [0.05, 0.1) is 13.0 Å². The Morgan fingerprint density at radius 1 is 1.32 bits per heavy atom. The third-order valence-corrected chi connectivity index (χ3v) is 3.44. The number of amides is 1. The third-order valence-electron chi connectivity index (χ3n) is 3.44. The van der Waals surface area contributed by atoms with Crippen molar-refractivity contribution in [2.45, 2.75) is 12.8 Å². The van der Waals surface area contributed by atoms with Crippen LogP contribution in [0.3, 0.4) is 0 Å². The Morgan fingerprint density at radius 3 is 2.95 bits per heavy atom. The normalized spacial score (nSPS) is 17.2. The van der Waals surface area contributed by atoms with E-state index in [1.54, 1.807) is 12.4 Å². The summed E-state index contributed by atoms with van der Waals surface area (Å²) in [6, 6.07) is 3.79. The summed E-state index contributed by atoms with van der Waals surface area (Å²) in [5.41, 5.74) is 0.962. The van der Waals surface area contributed by atoms with Crippen molar-refractivity contribution in [3.63, 3.8) is 0 Å². The molecule has 1 saturated heterocycles. The Morgan fingerprint density at radius 2 is 2.21 bits per heavy atom. The first-order valence-corrected chi connectivity index (χ1v) is 6.79. The molecular weight excluding hydrogens is 242 g/mol. The van der Waals surface area contributed by atoms with Gasteiger partial charge in [0.15, 0.2) is 0 Å². The number of pyridine rings is 1. The van der Waals surface area contributed by atoms with Crippen LogP contribution in [0.1, 0.15) is 12.0 Å². The molecule has 0 radical (unpaired) electrons. The molecule has 0 unspecified atom stereocenters. The van der Waals surface area contributed by atoms with Crippen molar-refractivity contribution < 1.29 is 9.90 Å². The molecule has 2 rings (SSSR count). The molecule has 0 atom stereocenters. The Kier molecular flexibility index (Phi) is 5.30. The average Bonchev–Trinajstić information content (AvgIpc) is 2.66. The second-order valence-electron chi connectivity index (χ2n) is 4.84. The smallest absolute Gasteiger partial charge is 0.227 e. The SMILES string of the molecule is O=C(Cc1cccnc1)N1CCCN(CCO)CC1. The molecule has 1 aromatic rings. The lowest BCUT2D eigenvalue weighted by Crippen LogP contribution is -2.36. The van der Waals surface area contributed by atoms with Gasteiger partial charge in [-0.05, 0) is 24.6 Å². The van der Waals surface area contributed by atoms with Crippen molar-refractivity contribution >= 4 is 5.91 Å². The molecule has 104 valence electrons. The molecule has 2 heterocycles. The third kappa shape index (κ3) is 4.29. The number of rotatable bonds is 4. The van der Waals surface area contributed by atoms with Crippen LogP contribution in [0.15, 0.2) is 24.5 Å². The first-order chi connectivity index (χ1) is 9.29. The van der Waals surface area contributed by atoms with Crippen molar-refractivity contribution in [1.82, 2.24) is 14.8 Å². The fraction of sp³-hybridized carbons (Fsp3) is 0.571. The lowest BCUT2D eigenvalue weighted by Gasteiger charge is -2.21. The molecule has 19 heavy (non-hydrogen) atoms. The number of carbonyl (C=O) groups excluding carboxylic acids is 1. The van der Waals surface area contributed by atoms with E-state index in [-0.39, 0.29) is 12.5 Å². The van der Waals surface area contributed by atoms with Gasteiger partial charge in [0.2, 0.25) is 5.91 Å². The van der Waals surface area contributed by atoms with Crippen molar-refractivity contribution in [3.05, 3.63) is 30.1 Å². The van der Waals surface area contributed by atoms with E-state index in [1.807, 2.05) is 17.0 Å². The Bertz CT molecular complexity index is 397. The maximum Gasteiger partial charge on any atom is 0.227 e. The number of aromatic nitrogens is 1. The summed E-state index contributed by atoms with van der Waals surface area (Å²) in [6.07, 6.45) is 4.85. The monoisotopic (exact) mass is 263 g/mol. The molecule has 0 spiro atoms. The van der Waals surface area contributed by atoms with Crippen molar-refractivity contribution in [2.24, 2.45) is 0 Å². The fourth-order valence-electron chi connectivity index (χ4n) is 2.37. The molecule has 5 heteroatoms. The van der Waals surface area contributed by atoms with E-state index in [0.29, 0.717) is 13.0 Å². The van der Waals surface area contributed by atoms with E-state index in [9.17, 15) is 4.79 Å². The van der Waals surface area contributed by atoms with Crippen LogP contribution in [0.2, 0.25) is 0 Å². The minimum Gasteiger partial charge on any atom is -0.395 e. The van der Waals surface area contributed by atoms with Crippen LogP contribution in [-0.2, 0) is 11.2 Å². The average molecular weight is 263 g/mol. The van der Waals surface area contributed by atoms with Gasteiger partial charge in [-0.25, -0.2) is 0 Å². The number of β-amino-alcohol motifs (C(OH)–C–C–N with tert-alkyl or cyclic N) is 1. The predicted octanol–water partition coefficient (Wildman–Crippen LogP) is 0.151. The second-order valence-corrected chi connectivity index (χ2v) is 4.84. The highest BCUT2D eigenvalue weighted by atomic mass is 16.3. The topological polar surface area (TPSA) is 56.7 Å². The highest BCUT2D eigenvalue weighted by Crippen LogP contribution is 2.06. The van der Waals surface area contributed by atoms with Crippen molar-refractivity contribution in [2.75, 3.05) is 39.3 Å². The fourth-order valence-corrected chi connectivity index (χ4v) is 2.37. The van der Waals surface area contributed by atoms with Crippen LogP contribution in [0, 0.1) is 0 Å². The molecule has 5 nitrogen and oxygen atoms in total. The van der Waals surface area contributed by atoms with E-state index >= 15 is 0 Å². The molecule has 1 aliphatic heterocycles. The number of hydrogen-bond acceptors (Lipinski definition) is 4. The highest BCUT2D eigenvalue weighted by Gasteiger charge is 2.18. The first-order valence-electron chi connectivity index (χ1n) is 6.79. The zero-order valence-electron chi connectivity index (χ0n) is 11.2. The molecule has 1 fully saturated rings. The molecule has 1 N–H and O–H groups in total. The summed E-state index contributed by atoms with van der Waals surface area (Å²) in [4.78, 5) is 20.4. The summed E-state index contributed by atoms with van der Waals surface area (Å²) in [5.74, 6) is 0.166. The lowest BCUT2D eigenvalue weighted by atomic mass is 10.2. The van der Waals surface area contributed by atoms with Gasteiger partial charge < -0.3 is 10.0 Å². The lowest BCUT2D eigenvalue weighted by molar-refractivity contribution is -0.130. The number of nitrogens with zero attached hydrogens (tertiary/aromatic N) is 3. The Hall–Kier alpha value is -1.46. The van der Waals surface area contributed by atoms with Gasteiger partial charge in [0.1, 0.15) is 0 Å². The minimum absolute atomic E-state index is 0.166. The number of carbonyl (C=O) groups is 1. The summed E-state index contributed by atoms with van der Waals surface area (Å²) >= 11 is 0. The Labute approximate surface area is 113 Å². The number of aliphatic hydroxyl groups excluding tert-OH is 1. The second kappa shape index (κ2) is 7.21. The maximum atomic E-state index is 12.2. The van der Waals surface area contributed by atoms with Crippen LogP contribution < -0.4 is 0 Å². The van der Waals surface area contributed by atoms with E-state index in [1.165, 1.54) is 0 Å². The maximum absolute atomic E-state index is 12.2. The summed E-state index contributed by atoms with van der Waals surface area (Å²) in [5, 5.41) is 8.95. The van der Waals surface area contributed by atoms with Crippen LogP contribution >= 0.6 is 0 Å². The van der Waals surface area contributed by atoms with Crippen LogP contribution in [0.4, 0.5) is 0 Å². The van der Waals surface area contributed by atoms with Gasteiger partial charge in [-0.2, -0.15) is 0 Å². The first kappa shape index (κ1) is 14.0. The molecule has 1 aliphatic rings. The van der Waals surface area contributed by atoms with E-state index in [0.717, 1.165) is 38.2 Å². The predicted molar refractivity (Wildman–Crippen MR) is 72.7 cm³/mol. The molecule has 1 aromatic heterocycles. The zero-order chi connectivity index (χ0) is 13.5. The minimum atomic E-state index is 0.166. The Balaban J connectivity index is 1.86. The van der Waals surface area contributed by atoms with Gasteiger partial charge >= 0.3 is 0 Å². The van der Waals surface area contributed by atoms with Crippen LogP contribution in [-0.4, -0.2) is 65.1 Å². The summed E-state index contributed by atoms with van der Waals surface area (Å²) < 4.78 is 0. The van der Waals surface area contributed by atoms with Gasteiger partial charge in [0, 0.05) is 38.6 Å². The van der Waals surface area contributed by atoms with Gasteiger partial charge in [0.25, 0.3) is 0 Å². The van der Waals surface area contributed by atoms with E-state index in [2.05, 4.69) is 9.88 Å². The molecule has 0 saturated carbocycles.